The lowest BCUT2D eigenvalue weighted by molar-refractivity contribution is -0.273. The molecule has 0 aromatic rings. The molecular formula is C12H19NO4. The fourth-order valence-electron chi connectivity index (χ4n) is 2.29. The van der Waals surface area contributed by atoms with Crippen molar-refractivity contribution in [3.8, 4) is 0 Å². The Balaban J connectivity index is 2.01. The van der Waals surface area contributed by atoms with Crippen molar-refractivity contribution in [3.63, 3.8) is 0 Å². The summed E-state index contributed by atoms with van der Waals surface area (Å²) in [5, 5.41) is 0. The molecule has 0 aromatic heterocycles. The average Bonchev–Trinajstić information content (AvgIpc) is 2.65. The van der Waals surface area contributed by atoms with Crippen LogP contribution < -0.4 is 0 Å². The van der Waals surface area contributed by atoms with Gasteiger partial charge in [0.05, 0.1) is 12.2 Å². The lowest BCUT2D eigenvalue weighted by atomic mass is 10.3. The minimum absolute atomic E-state index is 0.0889. The molecule has 2 aliphatic heterocycles. The quantitative estimate of drug-likeness (QED) is 0.542. The number of ether oxygens (including phenoxy) is 3. The van der Waals surface area contributed by atoms with Gasteiger partial charge in [0, 0.05) is 18.7 Å². The maximum Gasteiger partial charge on any atom is 0.333 e. The third-order valence-electron chi connectivity index (χ3n) is 2.94. The van der Waals surface area contributed by atoms with Gasteiger partial charge in [0.25, 0.3) is 5.91 Å². The highest BCUT2D eigenvalue weighted by Gasteiger charge is 2.53. The molecule has 0 radical (unpaired) electrons. The highest BCUT2D eigenvalue weighted by molar-refractivity contribution is 5.86. The van der Waals surface area contributed by atoms with Crippen molar-refractivity contribution >= 4 is 5.97 Å². The SMILES string of the molecule is C=C(C)C(=O)OCC12OC(C)CN1CC(C)O2. The summed E-state index contributed by atoms with van der Waals surface area (Å²) in [6, 6.07) is 0. The molecule has 2 rings (SSSR count). The number of hydrogen-bond acceptors (Lipinski definition) is 5. The summed E-state index contributed by atoms with van der Waals surface area (Å²) in [5.41, 5.74) is 0.380. The summed E-state index contributed by atoms with van der Waals surface area (Å²) in [5.74, 6) is -1.30. The first-order valence-corrected chi connectivity index (χ1v) is 5.86. The van der Waals surface area contributed by atoms with Crippen LogP contribution in [0.4, 0.5) is 0 Å². The van der Waals surface area contributed by atoms with Crippen LogP contribution in [-0.2, 0) is 19.0 Å². The van der Waals surface area contributed by atoms with Crippen LogP contribution in [0, 0.1) is 0 Å². The van der Waals surface area contributed by atoms with Gasteiger partial charge in [0.15, 0.2) is 6.61 Å². The standard InChI is InChI=1S/C12H19NO4/c1-8(2)11(14)15-7-12-13(5-9(3)16-12)6-10(4)17-12/h9-10H,1,5-7H2,2-4H3. The van der Waals surface area contributed by atoms with E-state index in [9.17, 15) is 4.79 Å². The summed E-state index contributed by atoms with van der Waals surface area (Å²) in [7, 11) is 0. The summed E-state index contributed by atoms with van der Waals surface area (Å²) >= 11 is 0. The van der Waals surface area contributed by atoms with Crippen molar-refractivity contribution in [1.29, 1.82) is 0 Å². The van der Waals surface area contributed by atoms with E-state index in [2.05, 4.69) is 11.5 Å². The lowest BCUT2D eigenvalue weighted by Crippen LogP contribution is -2.45. The molecule has 0 aromatic carbocycles. The minimum atomic E-state index is -0.885. The molecule has 0 aliphatic carbocycles. The summed E-state index contributed by atoms with van der Waals surface area (Å²) < 4.78 is 16.7. The van der Waals surface area contributed by atoms with E-state index < -0.39 is 11.9 Å². The van der Waals surface area contributed by atoms with Gasteiger partial charge in [-0.2, -0.15) is 0 Å². The number of nitrogens with zero attached hydrogens (tertiary/aromatic N) is 1. The molecule has 2 heterocycles. The Hall–Kier alpha value is -0.910. The van der Waals surface area contributed by atoms with E-state index in [0.717, 1.165) is 13.1 Å². The fraction of sp³-hybridized carbons (Fsp3) is 0.750. The molecule has 2 saturated heterocycles. The van der Waals surface area contributed by atoms with Crippen LogP contribution in [-0.4, -0.2) is 48.7 Å². The molecule has 2 atom stereocenters. The average molecular weight is 241 g/mol. The Morgan fingerprint density at radius 1 is 1.41 bits per heavy atom. The predicted octanol–water partition coefficient (Wildman–Crippen LogP) is 0.899. The molecule has 96 valence electrons. The predicted molar refractivity (Wildman–Crippen MR) is 61.2 cm³/mol. The van der Waals surface area contributed by atoms with Gasteiger partial charge >= 0.3 is 5.97 Å². The van der Waals surface area contributed by atoms with Gasteiger partial charge in [-0.15, -0.1) is 0 Å². The zero-order chi connectivity index (χ0) is 12.6. The molecular weight excluding hydrogens is 222 g/mol. The maximum atomic E-state index is 11.4. The largest absolute Gasteiger partial charge is 0.455 e. The first-order chi connectivity index (χ1) is 7.93. The number of rotatable bonds is 3. The number of esters is 1. The van der Waals surface area contributed by atoms with Crippen molar-refractivity contribution in [2.75, 3.05) is 19.7 Å². The van der Waals surface area contributed by atoms with Gasteiger partial charge < -0.3 is 14.2 Å². The highest BCUT2D eigenvalue weighted by Crippen LogP contribution is 2.35. The Labute approximate surface area is 101 Å². The second-order valence-electron chi connectivity index (χ2n) is 4.83. The molecule has 2 fully saturated rings. The van der Waals surface area contributed by atoms with Crippen LogP contribution in [0.15, 0.2) is 12.2 Å². The molecule has 0 bridgehead atoms. The third kappa shape index (κ3) is 2.36. The Kier molecular flexibility index (Phi) is 3.25. The highest BCUT2D eigenvalue weighted by atomic mass is 16.8. The second kappa shape index (κ2) is 4.40. The topological polar surface area (TPSA) is 48.0 Å². The van der Waals surface area contributed by atoms with Crippen LogP contribution >= 0.6 is 0 Å². The van der Waals surface area contributed by atoms with Crippen LogP contribution in [0.3, 0.4) is 0 Å². The van der Waals surface area contributed by atoms with Gasteiger partial charge in [-0.25, -0.2) is 9.69 Å². The van der Waals surface area contributed by atoms with E-state index >= 15 is 0 Å². The number of hydrogen-bond donors (Lipinski definition) is 0. The maximum absolute atomic E-state index is 11.4. The van der Waals surface area contributed by atoms with E-state index in [1.54, 1.807) is 6.92 Å². The van der Waals surface area contributed by atoms with Crippen molar-refractivity contribution in [1.82, 2.24) is 4.90 Å². The molecule has 0 spiro atoms. The fourth-order valence-corrected chi connectivity index (χ4v) is 2.29. The van der Waals surface area contributed by atoms with Crippen molar-refractivity contribution < 1.29 is 19.0 Å². The van der Waals surface area contributed by atoms with Crippen LogP contribution in [0.5, 0.6) is 0 Å². The van der Waals surface area contributed by atoms with Gasteiger partial charge in [0.1, 0.15) is 0 Å². The normalized spacial score (nSPS) is 36.9. The van der Waals surface area contributed by atoms with Crippen molar-refractivity contribution in [2.45, 2.75) is 38.9 Å². The molecule has 5 heteroatoms. The minimum Gasteiger partial charge on any atom is -0.455 e. The van der Waals surface area contributed by atoms with E-state index in [1.807, 2.05) is 13.8 Å². The monoisotopic (exact) mass is 241 g/mol. The van der Waals surface area contributed by atoms with Crippen LogP contribution in [0.2, 0.25) is 0 Å². The zero-order valence-corrected chi connectivity index (χ0v) is 10.6. The smallest absolute Gasteiger partial charge is 0.333 e. The molecule has 5 nitrogen and oxygen atoms in total. The number of carbonyl (C=O) groups is 1. The first kappa shape index (κ1) is 12.5. The van der Waals surface area contributed by atoms with Crippen LogP contribution in [0.25, 0.3) is 0 Å². The molecule has 2 aliphatic rings. The second-order valence-corrected chi connectivity index (χ2v) is 4.83. The molecule has 0 N–H and O–H groups in total. The molecule has 17 heavy (non-hydrogen) atoms. The number of fused-ring (bicyclic) bond motifs is 1. The summed E-state index contributed by atoms with van der Waals surface area (Å²) in [6.07, 6.45) is 0.178. The molecule has 0 amide bonds. The van der Waals surface area contributed by atoms with Gasteiger partial charge in [-0.05, 0) is 20.8 Å². The van der Waals surface area contributed by atoms with Crippen LogP contribution in [0.1, 0.15) is 20.8 Å². The Morgan fingerprint density at radius 2 is 1.94 bits per heavy atom. The third-order valence-corrected chi connectivity index (χ3v) is 2.94. The van der Waals surface area contributed by atoms with E-state index in [4.69, 9.17) is 14.2 Å². The number of carbonyl (C=O) groups excluding carboxylic acids is 1. The summed E-state index contributed by atoms with van der Waals surface area (Å²) in [4.78, 5) is 13.5. The van der Waals surface area contributed by atoms with Gasteiger partial charge in [-0.1, -0.05) is 6.58 Å². The first-order valence-electron chi connectivity index (χ1n) is 5.86. The Morgan fingerprint density at radius 3 is 2.41 bits per heavy atom. The van der Waals surface area contributed by atoms with Crippen molar-refractivity contribution in [3.05, 3.63) is 12.2 Å². The van der Waals surface area contributed by atoms with Gasteiger partial charge in [0.2, 0.25) is 0 Å². The zero-order valence-electron chi connectivity index (χ0n) is 10.6. The summed E-state index contributed by atoms with van der Waals surface area (Å²) in [6.45, 7) is 10.8. The van der Waals surface area contributed by atoms with E-state index in [-0.39, 0.29) is 18.8 Å². The molecule has 0 saturated carbocycles. The van der Waals surface area contributed by atoms with E-state index in [1.165, 1.54) is 0 Å². The molecule has 2 unspecified atom stereocenters. The van der Waals surface area contributed by atoms with Crippen molar-refractivity contribution in [2.24, 2.45) is 0 Å². The van der Waals surface area contributed by atoms with Gasteiger partial charge in [-0.3, -0.25) is 0 Å². The van der Waals surface area contributed by atoms with E-state index in [0.29, 0.717) is 5.57 Å². The Bertz CT molecular complexity index is 327. The lowest BCUT2D eigenvalue weighted by Gasteiger charge is -2.28.